The number of carbonyl (C=O) groups is 2. The smallest absolute Gasteiger partial charge is 0.323 e. The summed E-state index contributed by atoms with van der Waals surface area (Å²) in [6, 6.07) is 9.27. The minimum Gasteiger partial charge on any atom is -0.480 e. The van der Waals surface area contributed by atoms with E-state index in [9.17, 15) is 9.59 Å². The third-order valence-electron chi connectivity index (χ3n) is 3.11. The second-order valence-corrected chi connectivity index (χ2v) is 4.21. The van der Waals surface area contributed by atoms with Crippen molar-refractivity contribution in [1.29, 1.82) is 0 Å². The lowest BCUT2D eigenvalue weighted by molar-refractivity contribution is -0.137. The molecule has 0 fully saturated rings. The number of aliphatic carboxylic acids is 1. The van der Waals surface area contributed by atoms with E-state index in [0.29, 0.717) is 11.8 Å². The van der Waals surface area contributed by atoms with Gasteiger partial charge in [0.25, 0.3) is 0 Å². The van der Waals surface area contributed by atoms with Gasteiger partial charge in [-0.1, -0.05) is 18.2 Å². The van der Waals surface area contributed by atoms with Gasteiger partial charge in [0.2, 0.25) is 0 Å². The number of aldehydes is 1. The molecule has 0 saturated heterocycles. The Balaban J connectivity index is 2.52. The van der Waals surface area contributed by atoms with Crippen LogP contribution in [0.15, 0.2) is 36.5 Å². The highest BCUT2D eigenvalue weighted by molar-refractivity contribution is 6.12. The molecule has 1 N–H and O–H groups in total. The standard InChI is InChI=1S/C14H10N2O3/c17-8-11-14-10(5-6-15-11)9-3-1-2-4-12(9)16(14)7-13(18)19/h1-6,8H,7H2,(H,18,19). The van der Waals surface area contributed by atoms with Crippen molar-refractivity contribution in [3.8, 4) is 0 Å². The lowest BCUT2D eigenvalue weighted by Gasteiger charge is -2.04. The predicted octanol–water partition coefficient (Wildman–Crippen LogP) is 2.09. The lowest BCUT2D eigenvalue weighted by Crippen LogP contribution is -2.09. The summed E-state index contributed by atoms with van der Waals surface area (Å²) in [6.07, 6.45) is 2.21. The number of hydrogen-bond acceptors (Lipinski definition) is 3. The second-order valence-electron chi connectivity index (χ2n) is 4.21. The highest BCUT2D eigenvalue weighted by Crippen LogP contribution is 2.29. The van der Waals surface area contributed by atoms with Crippen molar-refractivity contribution in [2.24, 2.45) is 0 Å². The van der Waals surface area contributed by atoms with Crippen LogP contribution in [0.1, 0.15) is 10.5 Å². The highest BCUT2D eigenvalue weighted by atomic mass is 16.4. The number of rotatable bonds is 3. The maximum absolute atomic E-state index is 11.1. The molecule has 5 heteroatoms. The zero-order valence-corrected chi connectivity index (χ0v) is 9.91. The molecule has 3 rings (SSSR count). The van der Waals surface area contributed by atoms with Crippen LogP contribution in [0.4, 0.5) is 0 Å². The van der Waals surface area contributed by atoms with Crippen LogP contribution in [-0.2, 0) is 11.3 Å². The average molecular weight is 254 g/mol. The van der Waals surface area contributed by atoms with Gasteiger partial charge in [-0.25, -0.2) is 0 Å². The molecule has 0 bridgehead atoms. The number of hydrogen-bond donors (Lipinski definition) is 1. The van der Waals surface area contributed by atoms with Gasteiger partial charge in [-0.15, -0.1) is 0 Å². The normalized spacial score (nSPS) is 10.9. The zero-order chi connectivity index (χ0) is 13.4. The topological polar surface area (TPSA) is 72.2 Å². The molecular weight excluding hydrogens is 244 g/mol. The van der Waals surface area contributed by atoms with Crippen LogP contribution < -0.4 is 0 Å². The van der Waals surface area contributed by atoms with E-state index in [1.54, 1.807) is 16.8 Å². The molecule has 0 amide bonds. The molecule has 2 heterocycles. The summed E-state index contributed by atoms with van der Waals surface area (Å²) in [5, 5.41) is 10.8. The Morgan fingerprint density at radius 1 is 1.26 bits per heavy atom. The number of pyridine rings is 1. The Bertz CT molecular complexity index is 805. The summed E-state index contributed by atoms with van der Waals surface area (Å²) in [6.45, 7) is -0.198. The molecule has 0 radical (unpaired) electrons. The predicted molar refractivity (Wildman–Crippen MR) is 70.3 cm³/mol. The fraction of sp³-hybridized carbons (Fsp3) is 0.0714. The molecule has 2 aromatic heterocycles. The molecule has 0 saturated carbocycles. The Morgan fingerprint density at radius 3 is 2.79 bits per heavy atom. The molecule has 0 spiro atoms. The van der Waals surface area contributed by atoms with Crippen LogP contribution in [-0.4, -0.2) is 26.9 Å². The number of nitrogens with zero attached hydrogens (tertiary/aromatic N) is 2. The number of fused-ring (bicyclic) bond motifs is 3. The molecule has 0 atom stereocenters. The number of aromatic nitrogens is 2. The van der Waals surface area contributed by atoms with Crippen LogP contribution in [0.25, 0.3) is 21.8 Å². The molecular formula is C14H10N2O3. The molecule has 19 heavy (non-hydrogen) atoms. The second kappa shape index (κ2) is 4.20. The summed E-state index contributed by atoms with van der Waals surface area (Å²) in [5.41, 5.74) is 1.62. The molecule has 1 aromatic carbocycles. The quantitative estimate of drug-likeness (QED) is 0.726. The van der Waals surface area contributed by atoms with E-state index in [4.69, 9.17) is 5.11 Å². The first-order chi connectivity index (χ1) is 9.22. The largest absolute Gasteiger partial charge is 0.480 e. The van der Waals surface area contributed by atoms with E-state index in [1.807, 2.05) is 24.3 Å². The van der Waals surface area contributed by atoms with Crippen LogP contribution in [0.3, 0.4) is 0 Å². The van der Waals surface area contributed by atoms with Crippen LogP contribution in [0.5, 0.6) is 0 Å². The Labute approximate surface area is 108 Å². The lowest BCUT2D eigenvalue weighted by atomic mass is 10.2. The minimum absolute atomic E-state index is 0.198. The van der Waals surface area contributed by atoms with Crippen molar-refractivity contribution in [2.45, 2.75) is 6.54 Å². The first kappa shape index (κ1) is 11.4. The molecule has 0 unspecified atom stereocenters. The number of carbonyl (C=O) groups excluding carboxylic acids is 1. The fourth-order valence-electron chi connectivity index (χ4n) is 2.41. The summed E-state index contributed by atoms with van der Waals surface area (Å²) >= 11 is 0. The van der Waals surface area contributed by atoms with E-state index in [0.717, 1.165) is 16.3 Å². The third-order valence-corrected chi connectivity index (χ3v) is 3.11. The van der Waals surface area contributed by atoms with Gasteiger partial charge < -0.3 is 9.67 Å². The highest BCUT2D eigenvalue weighted by Gasteiger charge is 2.15. The van der Waals surface area contributed by atoms with Gasteiger partial charge in [-0.05, 0) is 12.1 Å². The number of benzene rings is 1. The van der Waals surface area contributed by atoms with Gasteiger partial charge >= 0.3 is 5.97 Å². The van der Waals surface area contributed by atoms with Crippen LogP contribution >= 0.6 is 0 Å². The number of carboxylic acids is 1. The van der Waals surface area contributed by atoms with Crippen LogP contribution in [0, 0.1) is 0 Å². The van der Waals surface area contributed by atoms with Crippen LogP contribution in [0.2, 0.25) is 0 Å². The minimum atomic E-state index is -0.955. The Kier molecular flexibility index (Phi) is 2.52. The molecule has 0 aliphatic carbocycles. The van der Waals surface area contributed by atoms with Gasteiger partial charge in [0.15, 0.2) is 6.29 Å². The van der Waals surface area contributed by atoms with E-state index in [2.05, 4.69) is 4.98 Å². The first-order valence-electron chi connectivity index (χ1n) is 5.75. The van der Waals surface area contributed by atoms with Gasteiger partial charge in [-0.3, -0.25) is 14.6 Å². The maximum atomic E-state index is 11.1. The number of para-hydroxylation sites is 1. The summed E-state index contributed by atoms with van der Waals surface area (Å²) in [5.74, 6) is -0.955. The van der Waals surface area contributed by atoms with Crippen molar-refractivity contribution in [3.05, 3.63) is 42.2 Å². The van der Waals surface area contributed by atoms with E-state index in [1.165, 1.54) is 0 Å². The van der Waals surface area contributed by atoms with Gasteiger partial charge in [0, 0.05) is 22.5 Å². The first-order valence-corrected chi connectivity index (χ1v) is 5.75. The molecule has 0 aliphatic heterocycles. The number of carboxylic acid groups (broad SMARTS) is 1. The maximum Gasteiger partial charge on any atom is 0.323 e. The van der Waals surface area contributed by atoms with Crippen molar-refractivity contribution in [1.82, 2.24) is 9.55 Å². The molecule has 0 aliphatic rings. The Morgan fingerprint density at radius 2 is 2.05 bits per heavy atom. The fourth-order valence-corrected chi connectivity index (χ4v) is 2.41. The van der Waals surface area contributed by atoms with Gasteiger partial charge in [-0.2, -0.15) is 0 Å². The SMILES string of the molecule is O=Cc1nccc2c3ccccc3n(CC(=O)O)c12. The summed E-state index contributed by atoms with van der Waals surface area (Å²) in [7, 11) is 0. The third kappa shape index (κ3) is 1.67. The summed E-state index contributed by atoms with van der Waals surface area (Å²) < 4.78 is 1.61. The van der Waals surface area contributed by atoms with Gasteiger partial charge in [0.05, 0.1) is 5.52 Å². The molecule has 3 aromatic rings. The Hall–Kier alpha value is -2.69. The van der Waals surface area contributed by atoms with Crippen molar-refractivity contribution in [2.75, 3.05) is 0 Å². The van der Waals surface area contributed by atoms with Crippen molar-refractivity contribution in [3.63, 3.8) is 0 Å². The average Bonchev–Trinajstić information content (AvgIpc) is 2.73. The monoisotopic (exact) mass is 254 g/mol. The van der Waals surface area contributed by atoms with Crippen molar-refractivity contribution < 1.29 is 14.7 Å². The van der Waals surface area contributed by atoms with Gasteiger partial charge in [0.1, 0.15) is 12.2 Å². The van der Waals surface area contributed by atoms with E-state index >= 15 is 0 Å². The molecule has 94 valence electrons. The van der Waals surface area contributed by atoms with Crippen molar-refractivity contribution >= 4 is 34.1 Å². The van der Waals surface area contributed by atoms with E-state index < -0.39 is 5.97 Å². The summed E-state index contributed by atoms with van der Waals surface area (Å²) in [4.78, 5) is 26.1. The van der Waals surface area contributed by atoms with E-state index in [-0.39, 0.29) is 12.2 Å². The molecule has 5 nitrogen and oxygen atoms in total. The zero-order valence-electron chi connectivity index (χ0n) is 9.91.